The summed E-state index contributed by atoms with van der Waals surface area (Å²) in [7, 11) is 0. The van der Waals surface area contributed by atoms with Crippen LogP contribution in [0.25, 0.3) is 0 Å². The van der Waals surface area contributed by atoms with Crippen molar-refractivity contribution in [2.75, 3.05) is 13.2 Å². The van der Waals surface area contributed by atoms with Crippen LogP contribution in [0, 0.1) is 3.57 Å². The molecule has 1 fully saturated rings. The van der Waals surface area contributed by atoms with Gasteiger partial charge in [0.05, 0.1) is 0 Å². The summed E-state index contributed by atoms with van der Waals surface area (Å²) in [6.07, 6.45) is 2.19. The third-order valence-electron chi connectivity index (χ3n) is 2.62. The third-order valence-corrected chi connectivity index (χ3v) is 3.63. The summed E-state index contributed by atoms with van der Waals surface area (Å²) in [6, 6.07) is 6.23. The topological polar surface area (TPSA) is 9.23 Å². The molecule has 0 bridgehead atoms. The molecule has 3 heteroatoms. The lowest BCUT2D eigenvalue weighted by atomic mass is 9.92. The first-order chi connectivity index (χ1) is 6.77. The second-order valence-corrected chi connectivity index (χ2v) is 5.21. The van der Waals surface area contributed by atoms with Gasteiger partial charge in [-0.2, -0.15) is 0 Å². The average molecular weight is 323 g/mol. The average Bonchev–Trinajstić information content (AvgIpc) is 2.23. The maximum Gasteiger partial charge on any atom is 0.0471 e. The molecule has 0 aliphatic carbocycles. The second kappa shape index (κ2) is 4.81. The van der Waals surface area contributed by atoms with Crippen molar-refractivity contribution in [1.29, 1.82) is 0 Å². The van der Waals surface area contributed by atoms with Gasteiger partial charge in [0.15, 0.2) is 0 Å². The maximum atomic E-state index is 6.19. The summed E-state index contributed by atoms with van der Waals surface area (Å²) in [6.45, 7) is 1.74. The predicted molar refractivity (Wildman–Crippen MR) is 67.0 cm³/mol. The Kier molecular flexibility index (Phi) is 3.68. The smallest absolute Gasteiger partial charge is 0.0471 e. The van der Waals surface area contributed by atoms with E-state index in [1.54, 1.807) is 0 Å². The predicted octanol–water partition coefficient (Wildman–Crippen LogP) is 3.84. The Hall–Kier alpha value is 0.200. The highest BCUT2D eigenvalue weighted by Crippen LogP contribution is 2.32. The van der Waals surface area contributed by atoms with Crippen molar-refractivity contribution in [3.8, 4) is 0 Å². The highest BCUT2D eigenvalue weighted by atomic mass is 127. The van der Waals surface area contributed by atoms with Crippen LogP contribution in [0.15, 0.2) is 18.2 Å². The van der Waals surface area contributed by atoms with Crippen LogP contribution < -0.4 is 0 Å². The summed E-state index contributed by atoms with van der Waals surface area (Å²) in [4.78, 5) is 0. The standard InChI is InChI=1S/C11H12ClIO/c12-11-2-1-9(13)7-10(11)8-3-5-14-6-4-8/h1-2,7-8H,3-6H2. The number of ether oxygens (including phenoxy) is 1. The zero-order valence-electron chi connectivity index (χ0n) is 7.80. The molecule has 1 aliphatic heterocycles. The number of halogens is 2. The Morgan fingerprint density at radius 3 is 2.71 bits per heavy atom. The van der Waals surface area contributed by atoms with Crippen molar-refractivity contribution >= 4 is 34.2 Å². The van der Waals surface area contributed by atoms with E-state index < -0.39 is 0 Å². The summed E-state index contributed by atoms with van der Waals surface area (Å²) < 4.78 is 6.60. The van der Waals surface area contributed by atoms with Crippen LogP contribution in [-0.4, -0.2) is 13.2 Å². The van der Waals surface area contributed by atoms with Gasteiger partial charge in [0.25, 0.3) is 0 Å². The largest absolute Gasteiger partial charge is 0.381 e. The Labute approximate surface area is 103 Å². The zero-order valence-corrected chi connectivity index (χ0v) is 10.7. The SMILES string of the molecule is Clc1ccc(I)cc1C1CCOCC1. The van der Waals surface area contributed by atoms with E-state index in [0.29, 0.717) is 5.92 Å². The highest BCUT2D eigenvalue weighted by molar-refractivity contribution is 14.1. The van der Waals surface area contributed by atoms with E-state index >= 15 is 0 Å². The van der Waals surface area contributed by atoms with Crippen molar-refractivity contribution in [3.05, 3.63) is 32.4 Å². The van der Waals surface area contributed by atoms with Gasteiger partial charge >= 0.3 is 0 Å². The van der Waals surface area contributed by atoms with Gasteiger partial charge in [-0.25, -0.2) is 0 Å². The molecule has 1 aliphatic rings. The third kappa shape index (κ3) is 2.41. The van der Waals surface area contributed by atoms with E-state index in [1.165, 1.54) is 9.13 Å². The molecular weight excluding hydrogens is 310 g/mol. The van der Waals surface area contributed by atoms with E-state index in [-0.39, 0.29) is 0 Å². The normalized spacial score (nSPS) is 18.4. The Balaban J connectivity index is 2.24. The van der Waals surface area contributed by atoms with Gasteiger partial charge in [-0.05, 0) is 65.1 Å². The molecule has 1 aromatic carbocycles. The molecule has 14 heavy (non-hydrogen) atoms. The van der Waals surface area contributed by atoms with Gasteiger partial charge in [-0.3, -0.25) is 0 Å². The van der Waals surface area contributed by atoms with Gasteiger partial charge in [0.2, 0.25) is 0 Å². The van der Waals surface area contributed by atoms with E-state index in [4.69, 9.17) is 16.3 Å². The highest BCUT2D eigenvalue weighted by Gasteiger charge is 2.18. The molecule has 0 N–H and O–H groups in total. The molecule has 0 saturated carbocycles. The quantitative estimate of drug-likeness (QED) is 0.714. The number of hydrogen-bond acceptors (Lipinski definition) is 1. The Bertz CT molecular complexity index is 321. The Morgan fingerprint density at radius 1 is 1.29 bits per heavy atom. The van der Waals surface area contributed by atoms with Gasteiger partial charge in [-0.15, -0.1) is 0 Å². The fraction of sp³-hybridized carbons (Fsp3) is 0.455. The molecule has 0 radical (unpaired) electrons. The molecule has 1 nitrogen and oxygen atoms in total. The first kappa shape index (κ1) is 10.7. The molecular formula is C11H12ClIO. The molecule has 1 saturated heterocycles. The molecule has 76 valence electrons. The fourth-order valence-electron chi connectivity index (χ4n) is 1.84. The molecule has 0 aromatic heterocycles. The lowest BCUT2D eigenvalue weighted by molar-refractivity contribution is 0.0853. The van der Waals surface area contributed by atoms with Crippen molar-refractivity contribution in [2.24, 2.45) is 0 Å². The van der Waals surface area contributed by atoms with Crippen LogP contribution in [0.2, 0.25) is 5.02 Å². The minimum Gasteiger partial charge on any atom is -0.381 e. The van der Waals surface area contributed by atoms with E-state index in [9.17, 15) is 0 Å². The van der Waals surface area contributed by atoms with Gasteiger partial charge in [0, 0.05) is 21.8 Å². The molecule has 1 heterocycles. The number of rotatable bonds is 1. The first-order valence-electron chi connectivity index (χ1n) is 4.80. The minimum atomic E-state index is 0.589. The molecule has 0 spiro atoms. The minimum absolute atomic E-state index is 0.589. The summed E-state index contributed by atoms with van der Waals surface area (Å²) >= 11 is 8.51. The molecule has 0 atom stereocenters. The summed E-state index contributed by atoms with van der Waals surface area (Å²) in [5.41, 5.74) is 1.29. The van der Waals surface area contributed by atoms with Crippen LogP contribution in [0.5, 0.6) is 0 Å². The number of benzene rings is 1. The lowest BCUT2D eigenvalue weighted by Gasteiger charge is -2.23. The van der Waals surface area contributed by atoms with Crippen LogP contribution in [-0.2, 0) is 4.74 Å². The lowest BCUT2D eigenvalue weighted by Crippen LogP contribution is -2.14. The van der Waals surface area contributed by atoms with Gasteiger partial charge in [-0.1, -0.05) is 11.6 Å². The maximum absolute atomic E-state index is 6.19. The van der Waals surface area contributed by atoms with Crippen LogP contribution in [0.4, 0.5) is 0 Å². The summed E-state index contributed by atoms with van der Waals surface area (Å²) in [5.74, 6) is 0.589. The van der Waals surface area contributed by atoms with Gasteiger partial charge in [0.1, 0.15) is 0 Å². The molecule has 0 amide bonds. The monoisotopic (exact) mass is 322 g/mol. The van der Waals surface area contributed by atoms with Crippen molar-refractivity contribution < 1.29 is 4.74 Å². The summed E-state index contributed by atoms with van der Waals surface area (Å²) in [5, 5.41) is 0.900. The van der Waals surface area contributed by atoms with Crippen LogP contribution in [0.1, 0.15) is 24.3 Å². The molecule has 1 aromatic rings. The number of hydrogen-bond donors (Lipinski definition) is 0. The molecule has 0 unspecified atom stereocenters. The van der Waals surface area contributed by atoms with Gasteiger partial charge < -0.3 is 4.74 Å². The van der Waals surface area contributed by atoms with Crippen LogP contribution >= 0.6 is 34.2 Å². The van der Waals surface area contributed by atoms with Crippen molar-refractivity contribution in [1.82, 2.24) is 0 Å². The van der Waals surface area contributed by atoms with E-state index in [1.807, 2.05) is 12.1 Å². The molecule has 2 rings (SSSR count). The fourth-order valence-corrected chi connectivity index (χ4v) is 2.62. The second-order valence-electron chi connectivity index (χ2n) is 3.55. The first-order valence-corrected chi connectivity index (χ1v) is 6.26. The Morgan fingerprint density at radius 2 is 2.00 bits per heavy atom. The zero-order chi connectivity index (χ0) is 9.97. The van der Waals surface area contributed by atoms with E-state index in [2.05, 4.69) is 28.7 Å². The van der Waals surface area contributed by atoms with Crippen LogP contribution in [0.3, 0.4) is 0 Å². The van der Waals surface area contributed by atoms with Crippen molar-refractivity contribution in [3.63, 3.8) is 0 Å². The van der Waals surface area contributed by atoms with E-state index in [0.717, 1.165) is 31.1 Å². The van der Waals surface area contributed by atoms with Crippen molar-refractivity contribution in [2.45, 2.75) is 18.8 Å².